The molecule has 1 fully saturated rings. The molecule has 3 heterocycles. The largest absolute Gasteiger partial charge is 0.436 e. The van der Waals surface area contributed by atoms with Gasteiger partial charge >= 0.3 is 0 Å². The van der Waals surface area contributed by atoms with Gasteiger partial charge in [0.1, 0.15) is 5.56 Å². The molecule has 8 nitrogen and oxygen atoms in total. The number of carbonyl (C=O) groups excluding carboxylic acids is 3. The maximum atomic E-state index is 13.2. The zero-order valence-electron chi connectivity index (χ0n) is 17.7. The fourth-order valence-electron chi connectivity index (χ4n) is 3.93. The van der Waals surface area contributed by atoms with E-state index in [0.717, 1.165) is 19.4 Å². The molecule has 9 heteroatoms. The molecule has 168 valence electrons. The van der Waals surface area contributed by atoms with E-state index >= 15 is 0 Å². The number of nitrogens with zero attached hydrogens (tertiary/aromatic N) is 3. The van der Waals surface area contributed by atoms with Crippen LogP contribution in [0.2, 0.25) is 5.02 Å². The molecule has 1 aromatic carbocycles. The lowest BCUT2D eigenvalue weighted by Crippen LogP contribution is -2.33. The number of aromatic nitrogens is 1. The summed E-state index contributed by atoms with van der Waals surface area (Å²) in [7, 11) is 0. The molecule has 32 heavy (non-hydrogen) atoms. The molecule has 0 radical (unpaired) electrons. The first-order valence-electron chi connectivity index (χ1n) is 10.8. The van der Waals surface area contributed by atoms with Gasteiger partial charge in [0, 0.05) is 50.2 Å². The number of rotatable bonds is 8. The third kappa shape index (κ3) is 5.02. The average Bonchev–Trinajstić information content (AvgIpc) is 3.15. The molecule has 1 N–H and O–H groups in total. The summed E-state index contributed by atoms with van der Waals surface area (Å²) in [5.74, 6) is 0.605. The molecular weight excluding hydrogens is 432 g/mol. The summed E-state index contributed by atoms with van der Waals surface area (Å²) in [6, 6.07) is 8.44. The minimum atomic E-state index is -0.246. The number of fused-ring (bicyclic) bond motifs is 2. The average molecular weight is 457 g/mol. The summed E-state index contributed by atoms with van der Waals surface area (Å²) in [4.78, 5) is 44.6. The molecule has 4 rings (SSSR count). The van der Waals surface area contributed by atoms with Crippen molar-refractivity contribution in [2.45, 2.75) is 32.1 Å². The highest BCUT2D eigenvalue weighted by atomic mass is 35.5. The van der Waals surface area contributed by atoms with Gasteiger partial charge in [-0.15, -0.1) is 0 Å². The second-order valence-corrected chi connectivity index (χ2v) is 8.25. The van der Waals surface area contributed by atoms with Crippen molar-refractivity contribution in [1.82, 2.24) is 15.2 Å². The minimum absolute atomic E-state index is 0.0790. The molecule has 2 aromatic rings. The minimum Gasteiger partial charge on any atom is -0.436 e. The summed E-state index contributed by atoms with van der Waals surface area (Å²) in [5.41, 5.74) is 0.914. The molecule has 3 amide bonds. The van der Waals surface area contributed by atoms with Gasteiger partial charge in [-0.05, 0) is 49.6 Å². The number of pyridine rings is 1. The van der Waals surface area contributed by atoms with Crippen molar-refractivity contribution < 1.29 is 19.1 Å². The predicted octanol–water partition coefficient (Wildman–Crippen LogP) is 3.40. The Morgan fingerprint density at radius 1 is 1.19 bits per heavy atom. The van der Waals surface area contributed by atoms with Crippen molar-refractivity contribution >= 4 is 35.0 Å². The Morgan fingerprint density at radius 3 is 2.88 bits per heavy atom. The van der Waals surface area contributed by atoms with Crippen molar-refractivity contribution in [1.29, 1.82) is 0 Å². The van der Waals surface area contributed by atoms with Gasteiger partial charge in [0.15, 0.2) is 5.75 Å². The van der Waals surface area contributed by atoms with E-state index < -0.39 is 0 Å². The number of benzene rings is 1. The summed E-state index contributed by atoms with van der Waals surface area (Å²) >= 11 is 6.17. The monoisotopic (exact) mass is 456 g/mol. The molecular formula is C23H25ClN4O4. The fourth-order valence-corrected chi connectivity index (χ4v) is 4.09. The topological polar surface area (TPSA) is 91.8 Å². The number of hydrogen-bond acceptors (Lipinski definition) is 5. The Hall–Kier alpha value is -3.13. The molecule has 0 saturated carbocycles. The van der Waals surface area contributed by atoms with Crippen LogP contribution in [-0.2, 0) is 9.59 Å². The van der Waals surface area contributed by atoms with Crippen LogP contribution in [-0.4, -0.2) is 53.8 Å². The number of halogens is 1. The van der Waals surface area contributed by atoms with E-state index in [0.29, 0.717) is 54.5 Å². The highest BCUT2D eigenvalue weighted by molar-refractivity contribution is 6.31. The Balaban J connectivity index is 1.33. The van der Waals surface area contributed by atoms with Crippen molar-refractivity contribution in [2.24, 2.45) is 0 Å². The lowest BCUT2D eigenvalue weighted by atomic mass is 10.2. The molecule has 0 bridgehead atoms. The van der Waals surface area contributed by atoms with Crippen LogP contribution in [0.3, 0.4) is 0 Å². The first-order chi connectivity index (χ1) is 15.5. The predicted molar refractivity (Wildman–Crippen MR) is 120 cm³/mol. The number of nitrogens with one attached hydrogen (secondary N) is 1. The third-order valence-corrected chi connectivity index (χ3v) is 5.78. The van der Waals surface area contributed by atoms with Gasteiger partial charge in [0.25, 0.3) is 5.91 Å². The number of ether oxygens (including phenoxy) is 1. The first-order valence-corrected chi connectivity index (χ1v) is 11.2. The first kappa shape index (κ1) is 22.1. The van der Waals surface area contributed by atoms with Gasteiger partial charge in [-0.2, -0.15) is 0 Å². The van der Waals surface area contributed by atoms with E-state index in [9.17, 15) is 14.4 Å². The SMILES string of the molecule is O=C(CCCN1C(=O)c2cccnc2Oc2ccc(Cl)cc21)NCCCN1CCCC1=O. The van der Waals surface area contributed by atoms with Crippen LogP contribution in [0.1, 0.15) is 42.5 Å². The van der Waals surface area contributed by atoms with Gasteiger partial charge in [0.05, 0.1) is 5.69 Å². The van der Waals surface area contributed by atoms with Crippen LogP contribution >= 0.6 is 11.6 Å². The molecule has 2 aliphatic rings. The van der Waals surface area contributed by atoms with Crippen LogP contribution in [0.15, 0.2) is 36.5 Å². The van der Waals surface area contributed by atoms with Gasteiger partial charge in [0.2, 0.25) is 17.7 Å². The highest BCUT2D eigenvalue weighted by Gasteiger charge is 2.29. The molecule has 1 saturated heterocycles. The quantitative estimate of drug-likeness (QED) is 0.615. The summed E-state index contributed by atoms with van der Waals surface area (Å²) in [6.07, 6.45) is 4.60. The van der Waals surface area contributed by atoms with E-state index in [-0.39, 0.29) is 30.0 Å². The molecule has 0 atom stereocenters. The second kappa shape index (κ2) is 9.99. The Morgan fingerprint density at radius 2 is 2.06 bits per heavy atom. The maximum absolute atomic E-state index is 13.2. The number of hydrogen-bond donors (Lipinski definition) is 1. The number of carbonyl (C=O) groups is 3. The number of anilines is 1. The van der Waals surface area contributed by atoms with E-state index in [1.54, 1.807) is 41.4 Å². The van der Waals surface area contributed by atoms with E-state index in [1.807, 2.05) is 4.90 Å². The number of likely N-dealkylation sites (tertiary alicyclic amines) is 1. The van der Waals surface area contributed by atoms with Crippen molar-refractivity contribution in [3.63, 3.8) is 0 Å². The van der Waals surface area contributed by atoms with Crippen LogP contribution in [0, 0.1) is 0 Å². The van der Waals surface area contributed by atoms with Crippen molar-refractivity contribution in [3.05, 3.63) is 47.1 Å². The van der Waals surface area contributed by atoms with Gasteiger partial charge in [-0.3, -0.25) is 14.4 Å². The lowest BCUT2D eigenvalue weighted by molar-refractivity contribution is -0.127. The lowest BCUT2D eigenvalue weighted by Gasteiger charge is -2.22. The Kier molecular flexibility index (Phi) is 6.90. The standard InChI is InChI=1S/C23H25ClN4O4/c24-16-8-9-19-18(15-16)28(23(31)17-5-1-10-26-22(17)32-19)14-2-6-20(29)25-11-4-13-27-12-3-7-21(27)30/h1,5,8-10,15H,2-4,6-7,11-14H2,(H,25,29). The summed E-state index contributed by atoms with van der Waals surface area (Å²) < 4.78 is 5.86. The molecule has 0 unspecified atom stereocenters. The molecule has 2 aliphatic heterocycles. The van der Waals surface area contributed by atoms with Crippen LogP contribution in [0.5, 0.6) is 11.6 Å². The molecule has 1 aromatic heterocycles. The zero-order chi connectivity index (χ0) is 22.5. The van der Waals surface area contributed by atoms with Gasteiger partial charge < -0.3 is 19.9 Å². The van der Waals surface area contributed by atoms with E-state index in [2.05, 4.69) is 10.3 Å². The zero-order valence-corrected chi connectivity index (χ0v) is 18.4. The summed E-state index contributed by atoms with van der Waals surface area (Å²) in [5, 5.41) is 3.38. The smallest absolute Gasteiger partial charge is 0.263 e. The van der Waals surface area contributed by atoms with E-state index in [1.165, 1.54) is 0 Å². The number of amides is 3. The molecule has 0 spiro atoms. The fraction of sp³-hybridized carbons (Fsp3) is 0.391. The highest BCUT2D eigenvalue weighted by Crippen LogP contribution is 2.39. The van der Waals surface area contributed by atoms with Crippen molar-refractivity contribution in [2.75, 3.05) is 31.1 Å². The van der Waals surface area contributed by atoms with Gasteiger partial charge in [-0.25, -0.2) is 4.98 Å². The van der Waals surface area contributed by atoms with E-state index in [4.69, 9.17) is 16.3 Å². The van der Waals surface area contributed by atoms with Crippen LogP contribution in [0.25, 0.3) is 0 Å². The Bertz CT molecular complexity index is 1030. The third-order valence-electron chi connectivity index (χ3n) is 5.55. The van der Waals surface area contributed by atoms with Crippen molar-refractivity contribution in [3.8, 4) is 11.6 Å². The normalized spacial score (nSPS) is 15.2. The van der Waals surface area contributed by atoms with Gasteiger partial charge in [-0.1, -0.05) is 11.6 Å². The Labute approximate surface area is 191 Å². The molecule has 0 aliphatic carbocycles. The summed E-state index contributed by atoms with van der Waals surface area (Å²) in [6.45, 7) is 2.34. The van der Waals surface area contributed by atoms with Crippen LogP contribution in [0.4, 0.5) is 5.69 Å². The maximum Gasteiger partial charge on any atom is 0.263 e. The second-order valence-electron chi connectivity index (χ2n) is 7.82. The van der Waals surface area contributed by atoms with Crippen LogP contribution < -0.4 is 15.0 Å².